The van der Waals surface area contributed by atoms with Gasteiger partial charge in [-0.15, -0.1) is 11.3 Å². The molecule has 1 aromatic carbocycles. The lowest BCUT2D eigenvalue weighted by Gasteiger charge is -2.38. The standard InChI is InChI=1S/C14H12N2O5S/c17-12(15-14(13(18)19)4-1-5-14)11-7-8-6-9(16(20)21)2-3-10(8)22-11/h2-3,6-7H,1,4-5H2,(H,15,17)(H,18,19). The maximum atomic E-state index is 12.2. The topological polar surface area (TPSA) is 110 Å². The minimum atomic E-state index is -1.17. The summed E-state index contributed by atoms with van der Waals surface area (Å²) >= 11 is 1.19. The Labute approximate surface area is 128 Å². The summed E-state index contributed by atoms with van der Waals surface area (Å²) in [6, 6.07) is 5.92. The second kappa shape index (κ2) is 5.06. The lowest BCUT2D eigenvalue weighted by atomic mass is 9.77. The first kappa shape index (κ1) is 14.5. The van der Waals surface area contributed by atoms with Crippen molar-refractivity contribution in [3.8, 4) is 0 Å². The van der Waals surface area contributed by atoms with Crippen molar-refractivity contribution in [3.05, 3.63) is 39.3 Å². The molecule has 22 heavy (non-hydrogen) atoms. The number of nitro benzene ring substituents is 1. The molecule has 0 atom stereocenters. The van der Waals surface area contributed by atoms with E-state index >= 15 is 0 Å². The maximum absolute atomic E-state index is 12.2. The van der Waals surface area contributed by atoms with Gasteiger partial charge in [-0.05, 0) is 31.4 Å². The van der Waals surface area contributed by atoms with Crippen molar-refractivity contribution in [3.63, 3.8) is 0 Å². The van der Waals surface area contributed by atoms with E-state index in [9.17, 15) is 24.8 Å². The second-order valence-corrected chi connectivity index (χ2v) is 6.37. The first-order valence-electron chi connectivity index (χ1n) is 6.65. The molecule has 0 radical (unpaired) electrons. The van der Waals surface area contributed by atoms with Gasteiger partial charge in [0.05, 0.1) is 9.80 Å². The lowest BCUT2D eigenvalue weighted by Crippen LogP contribution is -2.59. The number of rotatable bonds is 4. The van der Waals surface area contributed by atoms with E-state index in [4.69, 9.17) is 0 Å². The molecular formula is C14H12N2O5S. The number of nitrogens with one attached hydrogen (secondary N) is 1. The van der Waals surface area contributed by atoms with Gasteiger partial charge in [-0.25, -0.2) is 4.79 Å². The second-order valence-electron chi connectivity index (χ2n) is 5.28. The number of hydrogen-bond acceptors (Lipinski definition) is 5. The number of nitro groups is 1. The van der Waals surface area contributed by atoms with Crippen LogP contribution in [0.15, 0.2) is 24.3 Å². The van der Waals surface area contributed by atoms with Crippen molar-refractivity contribution >= 4 is 39.0 Å². The van der Waals surface area contributed by atoms with E-state index in [1.807, 2.05) is 0 Å². The number of hydrogen-bond donors (Lipinski definition) is 2. The summed E-state index contributed by atoms with van der Waals surface area (Å²) in [5.41, 5.74) is -1.21. The number of thiophene rings is 1. The van der Waals surface area contributed by atoms with Crippen LogP contribution in [-0.4, -0.2) is 27.4 Å². The fraction of sp³-hybridized carbons (Fsp3) is 0.286. The van der Waals surface area contributed by atoms with Gasteiger partial charge in [-0.1, -0.05) is 0 Å². The average molecular weight is 320 g/mol. The number of carboxylic acids is 1. The first-order chi connectivity index (χ1) is 10.4. The Hall–Kier alpha value is -2.48. The summed E-state index contributed by atoms with van der Waals surface area (Å²) in [7, 11) is 0. The Morgan fingerprint density at radius 1 is 1.32 bits per heavy atom. The van der Waals surface area contributed by atoms with E-state index in [0.29, 0.717) is 23.1 Å². The Kier molecular flexibility index (Phi) is 3.32. The molecular weight excluding hydrogens is 308 g/mol. The maximum Gasteiger partial charge on any atom is 0.329 e. The fourth-order valence-corrected chi connectivity index (χ4v) is 3.40. The molecule has 1 heterocycles. The molecule has 0 unspecified atom stereocenters. The summed E-state index contributed by atoms with van der Waals surface area (Å²) < 4.78 is 0.744. The van der Waals surface area contributed by atoms with Gasteiger partial charge in [0.2, 0.25) is 0 Å². The number of carbonyl (C=O) groups excluding carboxylic acids is 1. The highest BCUT2D eigenvalue weighted by Gasteiger charge is 2.45. The van der Waals surface area contributed by atoms with Gasteiger partial charge < -0.3 is 10.4 Å². The van der Waals surface area contributed by atoms with Gasteiger partial charge in [-0.2, -0.15) is 0 Å². The van der Waals surface area contributed by atoms with Crippen LogP contribution in [-0.2, 0) is 4.79 Å². The molecule has 3 rings (SSSR count). The number of carbonyl (C=O) groups is 2. The molecule has 1 fully saturated rings. The molecule has 1 aliphatic rings. The first-order valence-corrected chi connectivity index (χ1v) is 7.47. The zero-order valence-corrected chi connectivity index (χ0v) is 12.2. The number of nitrogens with zero attached hydrogens (tertiary/aromatic N) is 1. The molecule has 1 aliphatic carbocycles. The molecule has 0 saturated heterocycles. The predicted molar refractivity (Wildman–Crippen MR) is 80.2 cm³/mol. The molecule has 114 valence electrons. The third kappa shape index (κ3) is 2.31. The summed E-state index contributed by atoms with van der Waals surface area (Å²) in [4.78, 5) is 34.1. The van der Waals surface area contributed by atoms with Crippen molar-refractivity contribution in [2.75, 3.05) is 0 Å². The Morgan fingerprint density at radius 2 is 2.05 bits per heavy atom. The van der Waals surface area contributed by atoms with Crippen LogP contribution in [0.5, 0.6) is 0 Å². The minimum absolute atomic E-state index is 0.0433. The smallest absolute Gasteiger partial charge is 0.329 e. The fourth-order valence-electron chi connectivity index (χ4n) is 2.46. The quantitative estimate of drug-likeness (QED) is 0.664. The van der Waals surface area contributed by atoms with Crippen LogP contribution in [0.25, 0.3) is 10.1 Å². The normalized spacial score (nSPS) is 16.0. The van der Waals surface area contributed by atoms with Crippen LogP contribution in [0.2, 0.25) is 0 Å². The number of carboxylic acid groups (broad SMARTS) is 1. The van der Waals surface area contributed by atoms with E-state index in [1.165, 1.54) is 23.5 Å². The van der Waals surface area contributed by atoms with Gasteiger partial charge in [0.1, 0.15) is 5.54 Å². The van der Waals surface area contributed by atoms with Crippen LogP contribution < -0.4 is 5.32 Å². The largest absolute Gasteiger partial charge is 0.480 e. The summed E-state index contributed by atoms with van der Waals surface area (Å²) in [5.74, 6) is -1.48. The molecule has 1 amide bonds. The van der Waals surface area contributed by atoms with Crippen LogP contribution in [0, 0.1) is 10.1 Å². The molecule has 2 N–H and O–H groups in total. The number of fused-ring (bicyclic) bond motifs is 1. The van der Waals surface area contributed by atoms with Gasteiger partial charge in [0, 0.05) is 22.2 Å². The molecule has 1 aromatic heterocycles. The number of benzene rings is 1. The van der Waals surface area contributed by atoms with Crippen molar-refractivity contribution in [2.24, 2.45) is 0 Å². The van der Waals surface area contributed by atoms with Gasteiger partial charge in [0.15, 0.2) is 0 Å². The zero-order valence-electron chi connectivity index (χ0n) is 11.4. The minimum Gasteiger partial charge on any atom is -0.480 e. The van der Waals surface area contributed by atoms with E-state index < -0.39 is 22.3 Å². The molecule has 2 aromatic rings. The van der Waals surface area contributed by atoms with Crippen LogP contribution >= 0.6 is 11.3 Å². The number of non-ortho nitro benzene ring substituents is 1. The Balaban J connectivity index is 1.88. The average Bonchev–Trinajstić information content (AvgIpc) is 2.84. The van der Waals surface area contributed by atoms with Gasteiger partial charge in [0.25, 0.3) is 11.6 Å². The Morgan fingerprint density at radius 3 is 2.59 bits per heavy atom. The van der Waals surface area contributed by atoms with Crippen LogP contribution in [0.1, 0.15) is 28.9 Å². The van der Waals surface area contributed by atoms with Gasteiger partial charge >= 0.3 is 5.97 Å². The highest BCUT2D eigenvalue weighted by Crippen LogP contribution is 2.34. The van der Waals surface area contributed by atoms with E-state index in [2.05, 4.69) is 5.32 Å². The van der Waals surface area contributed by atoms with E-state index in [0.717, 1.165) is 11.1 Å². The van der Waals surface area contributed by atoms with Crippen molar-refractivity contribution in [1.82, 2.24) is 5.32 Å². The van der Waals surface area contributed by atoms with Gasteiger partial charge in [-0.3, -0.25) is 14.9 Å². The third-order valence-corrected chi connectivity index (χ3v) is 5.02. The van der Waals surface area contributed by atoms with Crippen LogP contribution in [0.4, 0.5) is 5.69 Å². The lowest BCUT2D eigenvalue weighted by molar-refractivity contribution is -0.384. The zero-order chi connectivity index (χ0) is 15.9. The molecule has 0 bridgehead atoms. The monoisotopic (exact) mass is 320 g/mol. The highest BCUT2D eigenvalue weighted by atomic mass is 32.1. The summed E-state index contributed by atoms with van der Waals surface area (Å²) in [6.07, 6.45) is 1.61. The SMILES string of the molecule is O=C(NC1(C(=O)O)CCC1)c1cc2cc([N+](=O)[O-])ccc2s1. The highest BCUT2D eigenvalue weighted by molar-refractivity contribution is 7.20. The molecule has 7 nitrogen and oxygen atoms in total. The molecule has 0 aliphatic heterocycles. The third-order valence-electron chi connectivity index (χ3n) is 3.90. The number of aliphatic carboxylic acids is 1. The molecule has 8 heteroatoms. The Bertz CT molecular complexity index is 794. The molecule has 0 spiro atoms. The van der Waals surface area contributed by atoms with Crippen molar-refractivity contribution < 1.29 is 19.6 Å². The van der Waals surface area contributed by atoms with E-state index in [-0.39, 0.29) is 5.69 Å². The number of amides is 1. The van der Waals surface area contributed by atoms with Crippen molar-refractivity contribution in [2.45, 2.75) is 24.8 Å². The van der Waals surface area contributed by atoms with Crippen molar-refractivity contribution in [1.29, 1.82) is 0 Å². The predicted octanol–water partition coefficient (Wildman–Crippen LogP) is 2.55. The summed E-state index contributed by atoms with van der Waals surface area (Å²) in [6.45, 7) is 0. The molecule has 1 saturated carbocycles. The van der Waals surface area contributed by atoms with E-state index in [1.54, 1.807) is 12.1 Å². The summed E-state index contributed by atoms with van der Waals surface area (Å²) in [5, 5.41) is 23.2. The van der Waals surface area contributed by atoms with Crippen LogP contribution in [0.3, 0.4) is 0 Å².